The number of hydrogen-bond donors (Lipinski definition) is 1. The molecule has 0 aromatic heterocycles. The van der Waals surface area contributed by atoms with Crippen molar-refractivity contribution in [3.63, 3.8) is 0 Å². The number of carbonyl (C=O) groups excluding carboxylic acids is 2. The smallest absolute Gasteiger partial charge is 0.265 e. The predicted octanol–water partition coefficient (Wildman–Crippen LogP) is 2.18. The number of benzene rings is 2. The molecule has 0 unspecified atom stereocenters. The lowest BCUT2D eigenvalue weighted by molar-refractivity contribution is -0.130. The van der Waals surface area contributed by atoms with Crippen molar-refractivity contribution in [1.82, 2.24) is 4.90 Å². The summed E-state index contributed by atoms with van der Waals surface area (Å²) in [6, 6.07) is 17.4. The number of likely N-dealkylation sites (tertiary alicyclic amines) is 1. The molecule has 6 nitrogen and oxygen atoms in total. The van der Waals surface area contributed by atoms with Crippen molar-refractivity contribution in [1.29, 1.82) is 0 Å². The second-order valence-corrected chi connectivity index (χ2v) is 7.03. The molecule has 0 aliphatic carbocycles. The van der Waals surface area contributed by atoms with Gasteiger partial charge in [-0.25, -0.2) is 0 Å². The van der Waals surface area contributed by atoms with Crippen LogP contribution in [-0.2, 0) is 9.59 Å². The molecular weight excluding hydrogens is 378 g/mol. The first-order valence-corrected chi connectivity index (χ1v) is 9.24. The van der Waals surface area contributed by atoms with Crippen molar-refractivity contribution in [3.05, 3.63) is 60.2 Å². The van der Waals surface area contributed by atoms with Crippen LogP contribution in [0.5, 0.6) is 5.75 Å². The molecule has 7 heteroatoms. The van der Waals surface area contributed by atoms with E-state index < -0.39 is 0 Å². The van der Waals surface area contributed by atoms with Gasteiger partial charge in [-0.3, -0.25) is 9.59 Å². The number of nitrogens with zero attached hydrogens (tertiary/aromatic N) is 2. The van der Waals surface area contributed by atoms with Crippen LogP contribution in [0.2, 0.25) is 0 Å². The van der Waals surface area contributed by atoms with E-state index in [-0.39, 0.29) is 49.2 Å². The molecule has 0 spiro atoms. The highest BCUT2D eigenvalue weighted by Gasteiger charge is 2.34. The van der Waals surface area contributed by atoms with Crippen LogP contribution in [-0.4, -0.2) is 49.0 Å². The SMILES string of the molecule is Cl.N[C@@H]1CN(C(=O)CCN2C(=O)COc3ccccc32)C[C@H]1c1ccccc1. The third-order valence-corrected chi connectivity index (χ3v) is 5.30. The molecule has 28 heavy (non-hydrogen) atoms. The Bertz CT molecular complexity index is 846. The molecular formula is C21H24ClN3O3. The van der Waals surface area contributed by atoms with Gasteiger partial charge in [0, 0.05) is 38.0 Å². The molecule has 2 amide bonds. The summed E-state index contributed by atoms with van der Waals surface area (Å²) in [6.07, 6.45) is 0.272. The quantitative estimate of drug-likeness (QED) is 0.851. The molecule has 2 atom stereocenters. The fraction of sp³-hybridized carbons (Fsp3) is 0.333. The number of para-hydroxylation sites is 2. The largest absolute Gasteiger partial charge is 0.482 e. The summed E-state index contributed by atoms with van der Waals surface area (Å²) in [6.45, 7) is 1.53. The maximum Gasteiger partial charge on any atom is 0.265 e. The Morgan fingerprint density at radius 1 is 1.07 bits per heavy atom. The summed E-state index contributed by atoms with van der Waals surface area (Å²) in [7, 11) is 0. The number of hydrogen-bond acceptors (Lipinski definition) is 4. The number of halogens is 1. The van der Waals surface area contributed by atoms with Crippen LogP contribution in [0, 0.1) is 0 Å². The van der Waals surface area contributed by atoms with Crippen molar-refractivity contribution in [3.8, 4) is 5.75 Å². The molecule has 0 radical (unpaired) electrons. The van der Waals surface area contributed by atoms with E-state index in [1.807, 2.05) is 47.4 Å². The highest BCUT2D eigenvalue weighted by atomic mass is 35.5. The minimum Gasteiger partial charge on any atom is -0.482 e. The molecule has 1 saturated heterocycles. The van der Waals surface area contributed by atoms with Crippen molar-refractivity contribution in [2.75, 3.05) is 31.1 Å². The van der Waals surface area contributed by atoms with Gasteiger partial charge in [0.15, 0.2) is 6.61 Å². The Kier molecular flexibility index (Phi) is 6.21. The predicted molar refractivity (Wildman–Crippen MR) is 110 cm³/mol. The van der Waals surface area contributed by atoms with E-state index >= 15 is 0 Å². The average Bonchev–Trinajstić information content (AvgIpc) is 3.09. The molecule has 2 aromatic rings. The number of ether oxygens (including phenoxy) is 1. The summed E-state index contributed by atoms with van der Waals surface area (Å²) < 4.78 is 5.45. The van der Waals surface area contributed by atoms with Gasteiger partial charge in [-0.1, -0.05) is 42.5 Å². The maximum absolute atomic E-state index is 12.7. The van der Waals surface area contributed by atoms with E-state index in [2.05, 4.69) is 12.1 Å². The van der Waals surface area contributed by atoms with Gasteiger partial charge in [0.25, 0.3) is 5.91 Å². The maximum atomic E-state index is 12.7. The zero-order valence-corrected chi connectivity index (χ0v) is 16.3. The number of nitrogens with two attached hydrogens (primary N) is 1. The Morgan fingerprint density at radius 3 is 2.57 bits per heavy atom. The lowest BCUT2D eigenvalue weighted by Gasteiger charge is -2.29. The number of amides is 2. The van der Waals surface area contributed by atoms with Gasteiger partial charge in [-0.05, 0) is 17.7 Å². The first-order chi connectivity index (χ1) is 13.1. The van der Waals surface area contributed by atoms with Crippen LogP contribution >= 0.6 is 12.4 Å². The fourth-order valence-corrected chi connectivity index (χ4v) is 3.85. The van der Waals surface area contributed by atoms with E-state index in [0.29, 0.717) is 25.4 Å². The highest BCUT2D eigenvalue weighted by molar-refractivity contribution is 5.98. The Balaban J connectivity index is 0.00000225. The fourth-order valence-electron chi connectivity index (χ4n) is 3.85. The molecule has 2 aliphatic heterocycles. The summed E-state index contributed by atoms with van der Waals surface area (Å²) in [5, 5.41) is 0. The van der Waals surface area contributed by atoms with E-state index in [0.717, 1.165) is 11.3 Å². The van der Waals surface area contributed by atoms with Crippen molar-refractivity contribution in [2.45, 2.75) is 18.4 Å². The Labute approximate surface area is 170 Å². The minimum atomic E-state index is -0.123. The van der Waals surface area contributed by atoms with Gasteiger partial charge >= 0.3 is 0 Å². The first kappa shape index (κ1) is 20.2. The molecule has 148 valence electrons. The number of fused-ring (bicyclic) bond motifs is 1. The molecule has 2 aromatic carbocycles. The summed E-state index contributed by atoms with van der Waals surface area (Å²) >= 11 is 0. The Morgan fingerprint density at radius 2 is 1.79 bits per heavy atom. The second kappa shape index (κ2) is 8.63. The van der Waals surface area contributed by atoms with Crippen LogP contribution < -0.4 is 15.4 Å². The van der Waals surface area contributed by atoms with Crippen LogP contribution in [0.4, 0.5) is 5.69 Å². The molecule has 1 fully saturated rings. The summed E-state index contributed by atoms with van der Waals surface area (Å²) in [4.78, 5) is 28.4. The number of rotatable bonds is 4. The van der Waals surface area contributed by atoms with Crippen LogP contribution in [0.3, 0.4) is 0 Å². The van der Waals surface area contributed by atoms with Gasteiger partial charge in [-0.2, -0.15) is 0 Å². The average molecular weight is 402 g/mol. The van der Waals surface area contributed by atoms with Crippen LogP contribution in [0.15, 0.2) is 54.6 Å². The second-order valence-electron chi connectivity index (χ2n) is 7.03. The van der Waals surface area contributed by atoms with E-state index in [1.165, 1.54) is 0 Å². The standard InChI is InChI=1S/C21H23N3O3.ClH/c22-17-13-23(12-16(17)15-6-2-1-3-7-15)20(25)10-11-24-18-8-4-5-9-19(18)27-14-21(24)26;/h1-9,16-17H,10-14,22H2;1H/t16-,17+;/m0./s1. The zero-order valence-electron chi connectivity index (χ0n) is 15.5. The Hall–Kier alpha value is -2.57. The highest BCUT2D eigenvalue weighted by Crippen LogP contribution is 2.32. The third-order valence-electron chi connectivity index (χ3n) is 5.30. The number of anilines is 1. The van der Waals surface area contributed by atoms with Crippen molar-refractivity contribution in [2.24, 2.45) is 5.73 Å². The topological polar surface area (TPSA) is 75.9 Å². The molecule has 4 rings (SSSR count). The van der Waals surface area contributed by atoms with E-state index in [4.69, 9.17) is 10.5 Å². The molecule has 2 N–H and O–H groups in total. The molecule has 0 saturated carbocycles. The first-order valence-electron chi connectivity index (χ1n) is 9.24. The lowest BCUT2D eigenvalue weighted by Crippen LogP contribution is -2.41. The summed E-state index contributed by atoms with van der Waals surface area (Å²) in [5.74, 6) is 0.736. The van der Waals surface area contributed by atoms with Crippen LogP contribution in [0.1, 0.15) is 17.9 Å². The van der Waals surface area contributed by atoms with Gasteiger partial charge in [0.05, 0.1) is 5.69 Å². The normalized spacial score (nSPS) is 21.0. The zero-order chi connectivity index (χ0) is 18.8. The van der Waals surface area contributed by atoms with Gasteiger partial charge in [0.1, 0.15) is 5.75 Å². The van der Waals surface area contributed by atoms with Gasteiger partial charge in [-0.15, -0.1) is 12.4 Å². The minimum absolute atomic E-state index is 0. The monoisotopic (exact) mass is 401 g/mol. The molecule has 2 aliphatic rings. The van der Waals surface area contributed by atoms with Crippen molar-refractivity contribution < 1.29 is 14.3 Å². The third kappa shape index (κ3) is 3.98. The molecule has 0 bridgehead atoms. The van der Waals surface area contributed by atoms with E-state index in [1.54, 1.807) is 4.90 Å². The molecule has 2 heterocycles. The van der Waals surface area contributed by atoms with E-state index in [9.17, 15) is 9.59 Å². The lowest BCUT2D eigenvalue weighted by atomic mass is 9.95. The number of carbonyl (C=O) groups is 2. The van der Waals surface area contributed by atoms with Gasteiger partial charge in [0.2, 0.25) is 5.91 Å². The van der Waals surface area contributed by atoms with Crippen molar-refractivity contribution >= 4 is 29.9 Å². The van der Waals surface area contributed by atoms with Gasteiger partial charge < -0.3 is 20.3 Å². The summed E-state index contributed by atoms with van der Waals surface area (Å²) in [5.41, 5.74) is 8.18. The van der Waals surface area contributed by atoms with Crippen LogP contribution in [0.25, 0.3) is 0 Å².